The van der Waals surface area contributed by atoms with Crippen LogP contribution in [0.5, 0.6) is 0 Å². The highest BCUT2D eigenvalue weighted by Crippen LogP contribution is 2.67. The van der Waals surface area contributed by atoms with Crippen molar-refractivity contribution >= 4 is 11.6 Å². The van der Waals surface area contributed by atoms with Gasteiger partial charge in [-0.1, -0.05) is 31.6 Å². The quantitative estimate of drug-likeness (QED) is 0.408. The predicted molar refractivity (Wildman–Crippen MR) is 142 cm³/mol. The number of methoxy groups -OCH3 is 1. The van der Waals surface area contributed by atoms with E-state index in [1.165, 1.54) is 24.0 Å². The standard InChI is InChI=1S/C32H46O4/c1-20-17-26-27(30(4)14-11-24(34)19-29(20)30)12-15-31(5)28(26)13-16-32(31,22(3)33)36-21(2)18-23-7-9-25(35-6)10-8-23/h11,14,17,19,21,23,25-28H,7-10,12-13,15-16,18H2,1-6H3/t21?,23?,25?,26?,27?,28?,30-,31+,32+/m1/s1. The maximum atomic E-state index is 13.5. The van der Waals surface area contributed by atoms with Crippen LogP contribution in [0.1, 0.15) is 92.4 Å². The van der Waals surface area contributed by atoms with Crippen LogP contribution in [-0.2, 0) is 19.1 Å². The SMILES string of the molecule is COC1CCC(CC(C)O[C@]2(C(C)=O)CCC3C4C=C(C)C5=CC(=O)C=C[C@]5(C)C4CC[C@@]32C)CC1. The summed E-state index contributed by atoms with van der Waals surface area (Å²) in [4.78, 5) is 25.7. The molecule has 0 spiro atoms. The fourth-order valence-corrected chi connectivity index (χ4v) is 9.38. The Morgan fingerprint density at radius 3 is 2.44 bits per heavy atom. The van der Waals surface area contributed by atoms with E-state index in [0.717, 1.165) is 44.9 Å². The second-order valence-electron chi connectivity index (χ2n) is 13.1. The van der Waals surface area contributed by atoms with Crippen LogP contribution < -0.4 is 0 Å². The van der Waals surface area contributed by atoms with Gasteiger partial charge in [-0.25, -0.2) is 0 Å². The van der Waals surface area contributed by atoms with Gasteiger partial charge in [-0.15, -0.1) is 0 Å². The molecule has 5 rings (SSSR count). The first kappa shape index (κ1) is 26.1. The van der Waals surface area contributed by atoms with Crippen molar-refractivity contribution in [2.75, 3.05) is 7.11 Å². The minimum atomic E-state index is -0.692. The summed E-state index contributed by atoms with van der Waals surface area (Å²) in [5.41, 5.74) is 1.48. The fraction of sp³-hybridized carbons (Fsp3) is 0.750. The Labute approximate surface area is 218 Å². The summed E-state index contributed by atoms with van der Waals surface area (Å²) in [7, 11) is 1.82. The summed E-state index contributed by atoms with van der Waals surface area (Å²) in [6.45, 7) is 10.8. The molecule has 198 valence electrons. The van der Waals surface area contributed by atoms with Gasteiger partial charge in [0.05, 0.1) is 12.2 Å². The number of carbonyl (C=O) groups is 2. The number of fused-ring (bicyclic) bond motifs is 5. The van der Waals surface area contributed by atoms with Gasteiger partial charge in [0.25, 0.3) is 0 Å². The van der Waals surface area contributed by atoms with E-state index < -0.39 is 5.60 Å². The molecule has 0 aromatic carbocycles. The van der Waals surface area contributed by atoms with Gasteiger partial charge in [0.15, 0.2) is 11.6 Å². The fourth-order valence-electron chi connectivity index (χ4n) is 9.38. The number of allylic oxidation sites excluding steroid dienone is 6. The van der Waals surface area contributed by atoms with Gasteiger partial charge < -0.3 is 9.47 Å². The molecule has 3 fully saturated rings. The number of rotatable bonds is 6. The molecule has 4 unspecified atom stereocenters. The third kappa shape index (κ3) is 3.93. The summed E-state index contributed by atoms with van der Waals surface area (Å²) in [5.74, 6) is 2.27. The molecule has 0 bridgehead atoms. The molecule has 0 aromatic rings. The van der Waals surface area contributed by atoms with Crippen molar-refractivity contribution in [1.29, 1.82) is 0 Å². The summed E-state index contributed by atoms with van der Waals surface area (Å²) in [5, 5.41) is 0. The largest absolute Gasteiger partial charge is 0.381 e. The molecule has 36 heavy (non-hydrogen) atoms. The number of hydrogen-bond acceptors (Lipinski definition) is 4. The third-order valence-electron chi connectivity index (χ3n) is 11.3. The first-order valence-corrected chi connectivity index (χ1v) is 14.4. The van der Waals surface area contributed by atoms with Crippen LogP contribution in [0.3, 0.4) is 0 Å². The Kier molecular flexibility index (Phi) is 6.78. The summed E-state index contributed by atoms with van der Waals surface area (Å²) < 4.78 is 12.5. The molecule has 0 heterocycles. The first-order chi connectivity index (χ1) is 17.0. The highest BCUT2D eigenvalue weighted by molar-refractivity contribution is 6.02. The van der Waals surface area contributed by atoms with Crippen molar-refractivity contribution in [2.24, 2.45) is 34.5 Å². The van der Waals surface area contributed by atoms with Crippen molar-refractivity contribution in [3.8, 4) is 0 Å². The molecule has 0 N–H and O–H groups in total. The van der Waals surface area contributed by atoms with Gasteiger partial charge in [-0.2, -0.15) is 0 Å². The maximum absolute atomic E-state index is 13.5. The van der Waals surface area contributed by atoms with Crippen LogP contribution in [0.4, 0.5) is 0 Å². The van der Waals surface area contributed by atoms with Crippen LogP contribution in [0.25, 0.3) is 0 Å². The number of ketones is 2. The number of hydrogen-bond donors (Lipinski definition) is 0. The lowest BCUT2D eigenvalue weighted by atomic mass is 9.48. The van der Waals surface area contributed by atoms with Gasteiger partial charge in [-0.3, -0.25) is 9.59 Å². The number of carbonyl (C=O) groups excluding carboxylic acids is 2. The van der Waals surface area contributed by atoms with E-state index in [1.807, 2.05) is 13.2 Å². The van der Waals surface area contributed by atoms with Crippen LogP contribution >= 0.6 is 0 Å². The van der Waals surface area contributed by atoms with Crippen molar-refractivity contribution in [2.45, 2.75) is 110 Å². The van der Waals surface area contributed by atoms with E-state index in [4.69, 9.17) is 9.47 Å². The van der Waals surface area contributed by atoms with Crippen molar-refractivity contribution in [3.05, 3.63) is 35.5 Å². The molecule has 5 aliphatic rings. The Morgan fingerprint density at radius 2 is 1.78 bits per heavy atom. The third-order valence-corrected chi connectivity index (χ3v) is 11.3. The van der Waals surface area contributed by atoms with Gasteiger partial charge in [-0.05, 0) is 120 Å². The van der Waals surface area contributed by atoms with E-state index in [2.05, 4.69) is 39.8 Å². The summed E-state index contributed by atoms with van der Waals surface area (Å²) >= 11 is 0. The topological polar surface area (TPSA) is 52.6 Å². The molecule has 0 aliphatic heterocycles. The Hall–Kier alpha value is -1.52. The van der Waals surface area contributed by atoms with Gasteiger partial charge in [0, 0.05) is 17.9 Å². The lowest BCUT2D eigenvalue weighted by molar-refractivity contribution is -0.186. The normalized spacial score (nSPS) is 44.7. The molecule has 0 saturated heterocycles. The highest BCUT2D eigenvalue weighted by atomic mass is 16.5. The van der Waals surface area contributed by atoms with Gasteiger partial charge in [0.2, 0.25) is 0 Å². The second-order valence-corrected chi connectivity index (χ2v) is 13.1. The summed E-state index contributed by atoms with van der Waals surface area (Å²) in [6.07, 6.45) is 18.3. The van der Waals surface area contributed by atoms with E-state index >= 15 is 0 Å². The van der Waals surface area contributed by atoms with Crippen LogP contribution in [0.2, 0.25) is 0 Å². The number of Topliss-reactive ketones (excluding diaryl/α,β-unsaturated/α-hetero) is 1. The molecule has 0 amide bonds. The first-order valence-electron chi connectivity index (χ1n) is 14.4. The van der Waals surface area contributed by atoms with Crippen molar-refractivity contribution in [1.82, 2.24) is 0 Å². The Bertz CT molecular complexity index is 998. The zero-order valence-electron chi connectivity index (χ0n) is 23.3. The molecule has 4 heteroatoms. The molecule has 3 saturated carbocycles. The molecule has 0 aromatic heterocycles. The van der Waals surface area contributed by atoms with Crippen molar-refractivity contribution < 1.29 is 19.1 Å². The second kappa shape index (κ2) is 9.34. The summed E-state index contributed by atoms with van der Waals surface area (Å²) in [6, 6.07) is 0. The molecular formula is C32H46O4. The highest BCUT2D eigenvalue weighted by Gasteiger charge is 2.66. The molecule has 7 atom stereocenters. The van der Waals surface area contributed by atoms with Gasteiger partial charge in [0.1, 0.15) is 5.60 Å². The van der Waals surface area contributed by atoms with Crippen molar-refractivity contribution in [3.63, 3.8) is 0 Å². The van der Waals surface area contributed by atoms with Crippen LogP contribution in [0.15, 0.2) is 35.5 Å². The van der Waals surface area contributed by atoms with Crippen LogP contribution in [-0.4, -0.2) is 36.5 Å². The van der Waals surface area contributed by atoms with E-state index in [9.17, 15) is 9.59 Å². The minimum absolute atomic E-state index is 0.0780. The lowest BCUT2D eigenvalue weighted by Gasteiger charge is -2.57. The monoisotopic (exact) mass is 494 g/mol. The predicted octanol–water partition coefficient (Wildman–Crippen LogP) is 6.79. The van der Waals surface area contributed by atoms with Gasteiger partial charge >= 0.3 is 0 Å². The van der Waals surface area contributed by atoms with E-state index in [1.54, 1.807) is 13.0 Å². The maximum Gasteiger partial charge on any atom is 0.178 e. The number of ether oxygens (including phenoxy) is 2. The Balaban J connectivity index is 1.39. The van der Waals surface area contributed by atoms with E-state index in [0.29, 0.717) is 29.8 Å². The average Bonchev–Trinajstić information content (AvgIpc) is 3.14. The molecule has 4 nitrogen and oxygen atoms in total. The average molecular weight is 495 g/mol. The molecule has 5 aliphatic carbocycles. The zero-order chi connectivity index (χ0) is 25.9. The van der Waals surface area contributed by atoms with E-state index in [-0.39, 0.29) is 28.5 Å². The minimum Gasteiger partial charge on any atom is -0.381 e. The Morgan fingerprint density at radius 1 is 1.08 bits per heavy atom. The lowest BCUT2D eigenvalue weighted by Crippen LogP contribution is -2.58. The molecule has 0 radical (unpaired) electrons. The zero-order valence-corrected chi connectivity index (χ0v) is 23.3. The smallest absolute Gasteiger partial charge is 0.178 e. The molecular weight excluding hydrogens is 448 g/mol. The van der Waals surface area contributed by atoms with Crippen LogP contribution in [0, 0.1) is 34.5 Å².